The van der Waals surface area contributed by atoms with Crippen LogP contribution in [0.4, 0.5) is 13.2 Å². The molecule has 0 aromatic carbocycles. The Morgan fingerprint density at radius 2 is 2.06 bits per heavy atom. The third-order valence-corrected chi connectivity index (χ3v) is 1.52. The molecule has 0 saturated carbocycles. The number of nitrogens with zero attached hydrogens (tertiary/aromatic N) is 2. The van der Waals surface area contributed by atoms with Gasteiger partial charge < -0.3 is 10.8 Å². The lowest BCUT2D eigenvalue weighted by atomic mass is 10.2. The molecule has 0 saturated heterocycles. The van der Waals surface area contributed by atoms with E-state index in [9.17, 15) is 18.0 Å². The van der Waals surface area contributed by atoms with Gasteiger partial charge in [0.1, 0.15) is 11.4 Å². The normalized spacial score (nSPS) is 10.8. The zero-order chi connectivity index (χ0) is 11.6. The van der Waals surface area contributed by atoms with Crippen molar-refractivity contribution in [2.45, 2.75) is 12.7 Å². The van der Waals surface area contributed by atoms with E-state index in [0.717, 1.165) is 0 Å². The summed E-state index contributed by atoms with van der Waals surface area (Å²) in [6.45, 7) is -0.289. The summed E-state index contributed by atoms with van der Waals surface area (Å²) in [7, 11) is 0. The summed E-state index contributed by atoms with van der Waals surface area (Å²) in [6, 6.07) is 0. The summed E-state index contributed by atoms with van der Waals surface area (Å²) >= 11 is 0. The zero-order valence-corrected chi connectivity index (χ0v) is 8.47. The summed E-state index contributed by atoms with van der Waals surface area (Å²) in [4.78, 5) is 16.9. The zero-order valence-electron chi connectivity index (χ0n) is 7.65. The highest BCUT2D eigenvalue weighted by Gasteiger charge is 2.37. The minimum atomic E-state index is -4.83. The molecule has 1 aromatic heterocycles. The molecule has 9 heteroatoms. The quantitative estimate of drug-likeness (QED) is 0.827. The molecule has 0 radical (unpaired) electrons. The summed E-state index contributed by atoms with van der Waals surface area (Å²) in [5.74, 6) is -1.99. The van der Waals surface area contributed by atoms with Gasteiger partial charge in [0.15, 0.2) is 5.69 Å². The fourth-order valence-electron chi connectivity index (χ4n) is 0.889. The molecule has 0 amide bonds. The Kier molecular flexibility index (Phi) is 4.63. The summed E-state index contributed by atoms with van der Waals surface area (Å²) in [5, 5.41) is 8.48. The minimum Gasteiger partial charge on any atom is -0.478 e. The van der Waals surface area contributed by atoms with Gasteiger partial charge in [-0.15, -0.1) is 12.4 Å². The first-order chi connectivity index (χ1) is 6.86. The molecule has 0 spiro atoms. The molecule has 0 aliphatic rings. The molecule has 1 aromatic rings. The highest BCUT2D eigenvalue weighted by Crippen LogP contribution is 2.30. The number of aromatic carboxylic acids is 1. The minimum absolute atomic E-state index is 0. The lowest BCUT2D eigenvalue weighted by molar-refractivity contribution is -0.141. The molecule has 0 fully saturated rings. The van der Waals surface area contributed by atoms with Crippen LogP contribution in [0.3, 0.4) is 0 Å². The van der Waals surface area contributed by atoms with Crippen LogP contribution in [0.25, 0.3) is 0 Å². The van der Waals surface area contributed by atoms with Crippen molar-refractivity contribution in [3.05, 3.63) is 23.3 Å². The van der Waals surface area contributed by atoms with E-state index in [1.54, 1.807) is 0 Å². The number of hydrogen-bond donors (Lipinski definition) is 2. The van der Waals surface area contributed by atoms with Gasteiger partial charge >= 0.3 is 12.1 Å². The largest absolute Gasteiger partial charge is 0.478 e. The van der Waals surface area contributed by atoms with Crippen LogP contribution in [0.2, 0.25) is 0 Å². The number of carbonyl (C=O) groups is 1. The first-order valence-corrected chi connectivity index (χ1v) is 3.72. The van der Waals surface area contributed by atoms with Crippen molar-refractivity contribution < 1.29 is 23.1 Å². The van der Waals surface area contributed by atoms with E-state index in [1.165, 1.54) is 0 Å². The molecule has 90 valence electrons. The number of nitrogens with two attached hydrogens (primary N) is 1. The van der Waals surface area contributed by atoms with Crippen LogP contribution < -0.4 is 5.73 Å². The van der Waals surface area contributed by atoms with Crippen molar-refractivity contribution in [2.75, 3.05) is 0 Å². The Bertz CT molecular complexity index is 397. The fourth-order valence-corrected chi connectivity index (χ4v) is 0.889. The number of halogens is 4. The first-order valence-electron chi connectivity index (χ1n) is 3.72. The Morgan fingerprint density at radius 3 is 2.44 bits per heavy atom. The van der Waals surface area contributed by atoms with Crippen molar-refractivity contribution in [2.24, 2.45) is 5.73 Å². The van der Waals surface area contributed by atoms with Gasteiger partial charge in [0.25, 0.3) is 0 Å². The van der Waals surface area contributed by atoms with E-state index in [1.807, 2.05) is 0 Å². The van der Waals surface area contributed by atoms with Gasteiger partial charge in [0.2, 0.25) is 0 Å². The van der Waals surface area contributed by atoms with Crippen molar-refractivity contribution in [1.82, 2.24) is 9.97 Å². The molecule has 0 bridgehead atoms. The summed E-state index contributed by atoms with van der Waals surface area (Å²) in [6.07, 6.45) is -4.24. The summed E-state index contributed by atoms with van der Waals surface area (Å²) < 4.78 is 37.0. The van der Waals surface area contributed by atoms with E-state index in [0.29, 0.717) is 6.20 Å². The maximum absolute atomic E-state index is 12.3. The molecule has 16 heavy (non-hydrogen) atoms. The van der Waals surface area contributed by atoms with Gasteiger partial charge in [-0.2, -0.15) is 13.2 Å². The molecule has 0 atom stereocenters. The maximum Gasteiger partial charge on any atom is 0.434 e. The average Bonchev–Trinajstić information content (AvgIpc) is 2.15. The van der Waals surface area contributed by atoms with Crippen LogP contribution in [0.15, 0.2) is 6.20 Å². The van der Waals surface area contributed by atoms with E-state index >= 15 is 0 Å². The Labute approximate surface area is 93.9 Å². The van der Waals surface area contributed by atoms with Gasteiger partial charge in [-0.1, -0.05) is 0 Å². The number of hydrogen-bond acceptors (Lipinski definition) is 4. The van der Waals surface area contributed by atoms with Crippen LogP contribution in [0.1, 0.15) is 21.9 Å². The van der Waals surface area contributed by atoms with Crippen LogP contribution in [-0.4, -0.2) is 21.0 Å². The monoisotopic (exact) mass is 257 g/mol. The smallest absolute Gasteiger partial charge is 0.434 e. The molecular formula is C7H7ClF3N3O2. The van der Waals surface area contributed by atoms with Crippen LogP contribution in [-0.2, 0) is 12.7 Å². The number of alkyl halides is 3. The Morgan fingerprint density at radius 1 is 1.50 bits per heavy atom. The molecule has 0 aliphatic carbocycles. The van der Waals surface area contributed by atoms with E-state index in [4.69, 9.17) is 10.8 Å². The standard InChI is InChI=1S/C7H6F3N3O2.ClH/c8-7(9,10)5-3(6(14)15)2-12-4(1-11)13-5;/h2H,1,11H2,(H,14,15);1H. The fraction of sp³-hybridized carbons (Fsp3) is 0.286. The first kappa shape index (κ1) is 14.6. The third kappa shape index (κ3) is 3.04. The highest BCUT2D eigenvalue weighted by atomic mass is 35.5. The summed E-state index contributed by atoms with van der Waals surface area (Å²) in [5.41, 5.74) is 2.58. The van der Waals surface area contributed by atoms with Crippen LogP contribution in [0, 0.1) is 0 Å². The molecule has 1 rings (SSSR count). The Hall–Kier alpha value is -1.41. The van der Waals surface area contributed by atoms with Gasteiger partial charge in [0, 0.05) is 6.20 Å². The topological polar surface area (TPSA) is 89.1 Å². The van der Waals surface area contributed by atoms with E-state index < -0.39 is 23.4 Å². The van der Waals surface area contributed by atoms with Crippen LogP contribution in [0.5, 0.6) is 0 Å². The number of carboxylic acids is 1. The van der Waals surface area contributed by atoms with Crippen molar-refractivity contribution in [3.63, 3.8) is 0 Å². The number of carboxylic acid groups (broad SMARTS) is 1. The molecule has 3 N–H and O–H groups in total. The predicted molar refractivity (Wildman–Crippen MR) is 49.1 cm³/mol. The second-order valence-corrected chi connectivity index (χ2v) is 2.56. The van der Waals surface area contributed by atoms with Gasteiger partial charge in [-0.3, -0.25) is 0 Å². The van der Waals surface area contributed by atoms with Crippen molar-refractivity contribution >= 4 is 18.4 Å². The van der Waals surface area contributed by atoms with Gasteiger partial charge in [0.05, 0.1) is 6.54 Å². The van der Waals surface area contributed by atoms with Crippen molar-refractivity contribution in [3.8, 4) is 0 Å². The van der Waals surface area contributed by atoms with Crippen LogP contribution >= 0.6 is 12.4 Å². The lowest BCUT2D eigenvalue weighted by Gasteiger charge is -2.09. The maximum atomic E-state index is 12.3. The average molecular weight is 258 g/mol. The second kappa shape index (κ2) is 5.08. The highest BCUT2D eigenvalue weighted by molar-refractivity contribution is 5.88. The molecule has 1 heterocycles. The molecule has 0 unspecified atom stereocenters. The second-order valence-electron chi connectivity index (χ2n) is 2.56. The number of rotatable bonds is 2. The molecule has 0 aliphatic heterocycles. The predicted octanol–water partition coefficient (Wildman–Crippen LogP) is 1.07. The van der Waals surface area contributed by atoms with Crippen molar-refractivity contribution in [1.29, 1.82) is 0 Å². The van der Waals surface area contributed by atoms with Gasteiger partial charge in [-0.25, -0.2) is 14.8 Å². The third-order valence-electron chi connectivity index (χ3n) is 1.52. The molecule has 5 nitrogen and oxygen atoms in total. The Balaban J connectivity index is 0.00000225. The van der Waals surface area contributed by atoms with Gasteiger partial charge in [-0.05, 0) is 0 Å². The van der Waals surface area contributed by atoms with E-state index in [2.05, 4.69) is 9.97 Å². The van der Waals surface area contributed by atoms with E-state index in [-0.39, 0.29) is 24.8 Å². The lowest BCUT2D eigenvalue weighted by Crippen LogP contribution is -2.18. The SMILES string of the molecule is Cl.NCc1ncc(C(=O)O)c(C(F)(F)F)n1. The molecular weight excluding hydrogens is 251 g/mol. The number of aromatic nitrogens is 2.